The normalized spacial score (nSPS) is 10.3. The van der Waals surface area contributed by atoms with E-state index in [0.29, 0.717) is 5.69 Å². The first-order chi connectivity index (χ1) is 12.6. The summed E-state index contributed by atoms with van der Waals surface area (Å²) in [6, 6.07) is 4.14. The number of carboxylic acid groups (broad SMARTS) is 2. The lowest BCUT2D eigenvalue weighted by Gasteiger charge is -2.18. The number of pyridine rings is 1. The van der Waals surface area contributed by atoms with Crippen LogP contribution >= 0.6 is 0 Å². The molecule has 5 N–H and O–H groups in total. The molecule has 10 heteroatoms. The Balaban J connectivity index is 2.97. The Labute approximate surface area is 152 Å². The van der Waals surface area contributed by atoms with Crippen LogP contribution in [0.4, 0.5) is 11.5 Å². The molecule has 1 heterocycles. The van der Waals surface area contributed by atoms with Crippen molar-refractivity contribution in [2.75, 3.05) is 31.8 Å². The highest BCUT2D eigenvalue weighted by molar-refractivity contribution is 6.08. The number of hydrogen-bond acceptors (Lipinski definition) is 7. The Bertz CT molecular complexity index is 1010. The molecule has 0 bridgehead atoms. The molecule has 0 amide bonds. The molecule has 0 unspecified atom stereocenters. The molecule has 10 nitrogen and oxygen atoms in total. The topological polar surface area (TPSA) is 163 Å². The number of carbonyl (C=O) groups is 3. The summed E-state index contributed by atoms with van der Waals surface area (Å²) in [6.07, 6.45) is 0. The van der Waals surface area contributed by atoms with E-state index in [1.54, 1.807) is 19.0 Å². The minimum Gasteiger partial charge on any atom is -0.478 e. The molecule has 0 saturated heterocycles. The third kappa shape index (κ3) is 3.45. The summed E-state index contributed by atoms with van der Waals surface area (Å²) in [6.45, 7) is 0. The fourth-order valence-corrected chi connectivity index (χ4v) is 2.69. The molecule has 142 valence electrons. The first-order valence-electron chi connectivity index (χ1n) is 7.52. The first-order valence-corrected chi connectivity index (χ1v) is 7.52. The number of H-pyrrole nitrogens is 1. The average molecular weight is 375 g/mol. The van der Waals surface area contributed by atoms with Crippen LogP contribution in [-0.4, -0.2) is 54.3 Å². The standard InChI is InChI=1S/C17H17N3O7/c1-20(2)9-5-4-7(6-8(9)17(26)27-3)10-11(15(22)23)13(18)19-14(21)12(10)16(24)25/h4-6H,1-3H3,(H,22,23)(H,24,25)(H3,18,19,21). The number of aromatic nitrogens is 1. The predicted molar refractivity (Wildman–Crippen MR) is 96.5 cm³/mol. The van der Waals surface area contributed by atoms with E-state index in [1.807, 2.05) is 4.98 Å². The molecular formula is C17H17N3O7. The fourth-order valence-electron chi connectivity index (χ4n) is 2.69. The van der Waals surface area contributed by atoms with Crippen LogP contribution in [0.2, 0.25) is 0 Å². The third-order valence-electron chi connectivity index (χ3n) is 3.84. The Morgan fingerprint density at radius 1 is 1.11 bits per heavy atom. The summed E-state index contributed by atoms with van der Waals surface area (Å²) in [5.41, 5.74) is 3.31. The molecule has 0 spiro atoms. The van der Waals surface area contributed by atoms with E-state index in [9.17, 15) is 29.4 Å². The van der Waals surface area contributed by atoms with Gasteiger partial charge in [0.1, 0.15) is 16.9 Å². The highest BCUT2D eigenvalue weighted by Crippen LogP contribution is 2.32. The highest BCUT2D eigenvalue weighted by Gasteiger charge is 2.27. The number of nitrogen functional groups attached to an aromatic ring is 1. The summed E-state index contributed by atoms with van der Waals surface area (Å²) < 4.78 is 4.73. The van der Waals surface area contributed by atoms with Gasteiger partial charge in [0.05, 0.1) is 18.4 Å². The summed E-state index contributed by atoms with van der Waals surface area (Å²) in [4.78, 5) is 51.1. The van der Waals surface area contributed by atoms with Gasteiger partial charge in [0, 0.05) is 19.7 Å². The molecule has 0 aliphatic carbocycles. The number of rotatable bonds is 5. The minimum absolute atomic E-state index is 0.0219. The number of methoxy groups -OCH3 is 1. The van der Waals surface area contributed by atoms with Gasteiger partial charge in [0.25, 0.3) is 5.56 Å². The number of ether oxygens (including phenoxy) is 1. The lowest BCUT2D eigenvalue weighted by molar-refractivity contribution is 0.0600. The van der Waals surface area contributed by atoms with Crippen LogP contribution in [0.5, 0.6) is 0 Å². The molecule has 0 saturated carbocycles. The van der Waals surface area contributed by atoms with Crippen molar-refractivity contribution in [1.82, 2.24) is 4.98 Å². The zero-order chi connectivity index (χ0) is 20.5. The van der Waals surface area contributed by atoms with E-state index >= 15 is 0 Å². The van der Waals surface area contributed by atoms with E-state index in [2.05, 4.69) is 0 Å². The van der Waals surface area contributed by atoms with Gasteiger partial charge in [-0.2, -0.15) is 0 Å². The summed E-state index contributed by atoms with van der Waals surface area (Å²) >= 11 is 0. The lowest BCUT2D eigenvalue weighted by atomic mass is 9.93. The zero-order valence-electron chi connectivity index (χ0n) is 14.7. The average Bonchev–Trinajstić information content (AvgIpc) is 2.58. The van der Waals surface area contributed by atoms with Crippen LogP contribution in [0.1, 0.15) is 31.1 Å². The predicted octanol–water partition coefficient (Wildman–Crippen LogP) is 0.873. The van der Waals surface area contributed by atoms with Crippen molar-refractivity contribution in [3.8, 4) is 11.1 Å². The maximum Gasteiger partial charge on any atom is 0.342 e. The van der Waals surface area contributed by atoms with Crippen molar-refractivity contribution in [1.29, 1.82) is 0 Å². The maximum absolute atomic E-state index is 12.1. The van der Waals surface area contributed by atoms with E-state index in [1.165, 1.54) is 25.3 Å². The number of nitrogens with one attached hydrogen (secondary N) is 1. The number of nitrogens with zero attached hydrogens (tertiary/aromatic N) is 1. The number of aromatic amines is 1. The second kappa shape index (κ2) is 7.20. The molecule has 0 aliphatic rings. The van der Waals surface area contributed by atoms with Gasteiger partial charge >= 0.3 is 17.9 Å². The van der Waals surface area contributed by atoms with Crippen LogP contribution in [0.15, 0.2) is 23.0 Å². The molecule has 1 aromatic heterocycles. The molecule has 27 heavy (non-hydrogen) atoms. The smallest absolute Gasteiger partial charge is 0.342 e. The number of hydrogen-bond donors (Lipinski definition) is 4. The molecule has 0 aliphatic heterocycles. The number of carbonyl (C=O) groups excluding carboxylic acids is 1. The number of carboxylic acids is 2. The van der Waals surface area contributed by atoms with Crippen molar-refractivity contribution >= 4 is 29.4 Å². The van der Waals surface area contributed by atoms with Gasteiger partial charge in [-0.1, -0.05) is 6.07 Å². The quantitative estimate of drug-likeness (QED) is 0.555. The molecule has 0 atom stereocenters. The maximum atomic E-state index is 12.1. The Kier molecular flexibility index (Phi) is 5.20. The molecular weight excluding hydrogens is 358 g/mol. The second-order valence-electron chi connectivity index (χ2n) is 5.72. The van der Waals surface area contributed by atoms with Gasteiger partial charge in [-0.05, 0) is 17.7 Å². The van der Waals surface area contributed by atoms with Gasteiger partial charge in [0.2, 0.25) is 0 Å². The van der Waals surface area contributed by atoms with Crippen LogP contribution in [0.3, 0.4) is 0 Å². The van der Waals surface area contributed by atoms with Gasteiger partial charge in [-0.25, -0.2) is 14.4 Å². The number of aromatic carboxylic acids is 2. The second-order valence-corrected chi connectivity index (χ2v) is 5.72. The summed E-state index contributed by atoms with van der Waals surface area (Å²) in [7, 11) is 4.53. The Morgan fingerprint density at radius 2 is 1.70 bits per heavy atom. The van der Waals surface area contributed by atoms with Crippen LogP contribution in [-0.2, 0) is 4.74 Å². The van der Waals surface area contributed by atoms with E-state index < -0.39 is 46.0 Å². The van der Waals surface area contributed by atoms with Gasteiger partial charge in [-0.3, -0.25) is 4.79 Å². The number of esters is 1. The number of anilines is 2. The monoisotopic (exact) mass is 375 g/mol. The molecule has 2 rings (SSSR count). The summed E-state index contributed by atoms with van der Waals surface area (Å²) in [5.74, 6) is -4.38. The van der Waals surface area contributed by atoms with Gasteiger partial charge < -0.3 is 30.6 Å². The molecule has 0 fully saturated rings. The number of nitrogens with two attached hydrogens (primary N) is 1. The van der Waals surface area contributed by atoms with Crippen molar-refractivity contribution in [3.05, 3.63) is 45.2 Å². The minimum atomic E-state index is -1.63. The SMILES string of the molecule is COC(=O)c1cc(-c2c(C(=O)O)c(N)[nH]c(=O)c2C(=O)O)ccc1N(C)C. The Hall–Kier alpha value is -3.82. The van der Waals surface area contributed by atoms with Crippen LogP contribution in [0.25, 0.3) is 11.1 Å². The molecule has 0 radical (unpaired) electrons. The van der Waals surface area contributed by atoms with Crippen molar-refractivity contribution in [3.63, 3.8) is 0 Å². The highest BCUT2D eigenvalue weighted by atomic mass is 16.5. The number of benzene rings is 1. The van der Waals surface area contributed by atoms with E-state index in [4.69, 9.17) is 10.5 Å². The van der Waals surface area contributed by atoms with E-state index in [-0.39, 0.29) is 11.1 Å². The zero-order valence-corrected chi connectivity index (χ0v) is 14.7. The first kappa shape index (κ1) is 19.5. The third-order valence-corrected chi connectivity index (χ3v) is 3.84. The van der Waals surface area contributed by atoms with Crippen molar-refractivity contribution in [2.45, 2.75) is 0 Å². The lowest BCUT2D eigenvalue weighted by Crippen LogP contribution is -2.24. The fraction of sp³-hybridized carbons (Fsp3) is 0.176. The van der Waals surface area contributed by atoms with E-state index in [0.717, 1.165) is 0 Å². The van der Waals surface area contributed by atoms with Crippen LogP contribution in [0, 0.1) is 0 Å². The molecule has 2 aromatic rings. The molecule has 1 aromatic carbocycles. The summed E-state index contributed by atoms with van der Waals surface area (Å²) in [5, 5.41) is 18.9. The largest absolute Gasteiger partial charge is 0.478 e. The van der Waals surface area contributed by atoms with Gasteiger partial charge in [0.15, 0.2) is 0 Å². The van der Waals surface area contributed by atoms with Gasteiger partial charge in [-0.15, -0.1) is 0 Å². The Morgan fingerprint density at radius 3 is 2.19 bits per heavy atom. The van der Waals surface area contributed by atoms with Crippen molar-refractivity contribution in [2.24, 2.45) is 0 Å². The van der Waals surface area contributed by atoms with Crippen molar-refractivity contribution < 1.29 is 29.3 Å². The van der Waals surface area contributed by atoms with Crippen LogP contribution < -0.4 is 16.2 Å².